The Bertz CT molecular complexity index is 1100. The second-order valence-electron chi connectivity index (χ2n) is 9.13. The number of aromatic nitrogens is 1. The Morgan fingerprint density at radius 1 is 1.08 bits per heavy atom. The van der Waals surface area contributed by atoms with E-state index in [1.807, 2.05) is 61.5 Å². The van der Waals surface area contributed by atoms with E-state index in [0.29, 0.717) is 17.4 Å². The van der Waals surface area contributed by atoms with Crippen LogP contribution in [-0.2, 0) is 27.2 Å². The van der Waals surface area contributed by atoms with Gasteiger partial charge in [-0.05, 0) is 49.1 Å². The van der Waals surface area contributed by atoms with Crippen LogP contribution in [0.3, 0.4) is 0 Å². The topological polar surface area (TPSA) is 106 Å². The van der Waals surface area contributed by atoms with Crippen molar-refractivity contribution in [3.05, 3.63) is 76.1 Å². The molecule has 3 aromatic rings. The lowest BCUT2D eigenvalue weighted by Gasteiger charge is -2.22. The van der Waals surface area contributed by atoms with Gasteiger partial charge in [-0.3, -0.25) is 9.59 Å². The zero-order valence-electron chi connectivity index (χ0n) is 21.7. The van der Waals surface area contributed by atoms with Crippen molar-refractivity contribution in [1.29, 1.82) is 0 Å². The van der Waals surface area contributed by atoms with Crippen LogP contribution < -0.4 is 16.4 Å². The number of carbonyl (C=O) groups is 2. The van der Waals surface area contributed by atoms with Gasteiger partial charge in [0.2, 0.25) is 5.91 Å². The van der Waals surface area contributed by atoms with Crippen molar-refractivity contribution in [3.8, 4) is 0 Å². The lowest BCUT2D eigenvalue weighted by Crippen LogP contribution is -2.29. The monoisotopic (exact) mass is 522 g/mol. The maximum absolute atomic E-state index is 12.8. The number of nitrogens with two attached hydrogens (primary N) is 1. The van der Waals surface area contributed by atoms with Crippen molar-refractivity contribution in [2.45, 2.75) is 58.5 Å². The van der Waals surface area contributed by atoms with Crippen LogP contribution in [0.5, 0.6) is 0 Å². The van der Waals surface area contributed by atoms with E-state index < -0.39 is 0 Å². The van der Waals surface area contributed by atoms with Crippen LogP contribution in [0.25, 0.3) is 0 Å². The Balaban J connectivity index is 1.47. The predicted octanol–water partition coefficient (Wildman–Crippen LogP) is 5.54. The van der Waals surface area contributed by atoms with E-state index in [0.717, 1.165) is 55.5 Å². The summed E-state index contributed by atoms with van der Waals surface area (Å²) >= 11 is 1.38. The molecule has 1 amide bonds. The first kappa shape index (κ1) is 28.3. The molecule has 37 heavy (non-hydrogen) atoms. The van der Waals surface area contributed by atoms with Gasteiger partial charge in [-0.1, -0.05) is 69.2 Å². The maximum atomic E-state index is 12.8. The molecule has 1 aromatic heterocycles. The van der Waals surface area contributed by atoms with Crippen LogP contribution in [0.2, 0.25) is 0 Å². The van der Waals surface area contributed by atoms with Crippen LogP contribution in [0, 0.1) is 5.92 Å². The van der Waals surface area contributed by atoms with E-state index in [1.54, 1.807) is 5.38 Å². The van der Waals surface area contributed by atoms with Crippen molar-refractivity contribution < 1.29 is 14.3 Å². The van der Waals surface area contributed by atoms with Gasteiger partial charge in [0, 0.05) is 17.6 Å². The summed E-state index contributed by atoms with van der Waals surface area (Å²) in [4.78, 5) is 29.2. The van der Waals surface area contributed by atoms with Crippen LogP contribution in [0.15, 0.2) is 60.0 Å². The van der Waals surface area contributed by atoms with Crippen molar-refractivity contribution in [1.82, 2.24) is 10.3 Å². The van der Waals surface area contributed by atoms with Gasteiger partial charge in [-0.25, -0.2) is 4.98 Å². The summed E-state index contributed by atoms with van der Waals surface area (Å²) in [6.45, 7) is 5.48. The molecule has 4 N–H and O–H groups in total. The molecule has 0 bridgehead atoms. The fourth-order valence-electron chi connectivity index (χ4n) is 4.04. The predicted molar refractivity (Wildman–Crippen MR) is 150 cm³/mol. The van der Waals surface area contributed by atoms with E-state index in [-0.39, 0.29) is 30.3 Å². The summed E-state index contributed by atoms with van der Waals surface area (Å²) in [7, 11) is 0. The zero-order chi connectivity index (χ0) is 26.5. The fraction of sp³-hybridized carbons (Fsp3) is 0.414. The Hall–Kier alpha value is -3.23. The summed E-state index contributed by atoms with van der Waals surface area (Å²) in [5.74, 6) is 0.161. The van der Waals surface area contributed by atoms with Gasteiger partial charge < -0.3 is 21.1 Å². The maximum Gasteiger partial charge on any atom is 0.309 e. The highest BCUT2D eigenvalue weighted by Crippen LogP contribution is 2.22. The normalized spacial score (nSPS) is 12.6. The van der Waals surface area contributed by atoms with Gasteiger partial charge in [0.05, 0.1) is 12.3 Å². The van der Waals surface area contributed by atoms with E-state index in [4.69, 9.17) is 10.5 Å². The average Bonchev–Trinajstić information content (AvgIpc) is 3.31. The fourth-order valence-corrected chi connectivity index (χ4v) is 4.72. The van der Waals surface area contributed by atoms with Crippen molar-refractivity contribution in [3.63, 3.8) is 0 Å². The Kier molecular flexibility index (Phi) is 11.6. The van der Waals surface area contributed by atoms with Crippen molar-refractivity contribution in [2.75, 3.05) is 24.1 Å². The first-order valence-electron chi connectivity index (χ1n) is 13.0. The number of benzene rings is 2. The largest absolute Gasteiger partial charge is 0.456 e. The molecule has 0 radical (unpaired) electrons. The van der Waals surface area contributed by atoms with E-state index in [2.05, 4.69) is 22.5 Å². The molecule has 198 valence electrons. The highest BCUT2D eigenvalue weighted by Gasteiger charge is 2.22. The highest BCUT2D eigenvalue weighted by atomic mass is 32.1. The number of unbranched alkanes of at least 4 members (excludes halogenated alkanes) is 1. The third-order valence-corrected chi connectivity index (χ3v) is 7.07. The molecule has 0 saturated carbocycles. The molecule has 3 rings (SSSR count). The SMILES string of the molecule is CCCCC(CC)C(=O)OC(CNCCc1ccc(NC(=O)Cc2nc(N)cs2)cc1)c1ccccc1. The molecule has 2 atom stereocenters. The van der Waals surface area contributed by atoms with Gasteiger partial charge >= 0.3 is 5.97 Å². The average molecular weight is 523 g/mol. The Labute approximate surface area is 223 Å². The molecule has 0 aliphatic heterocycles. The number of amides is 1. The zero-order valence-corrected chi connectivity index (χ0v) is 22.6. The molecular weight excluding hydrogens is 484 g/mol. The van der Waals surface area contributed by atoms with Gasteiger partial charge in [0.25, 0.3) is 0 Å². The summed E-state index contributed by atoms with van der Waals surface area (Å²) in [5.41, 5.74) is 8.51. The highest BCUT2D eigenvalue weighted by molar-refractivity contribution is 7.10. The minimum absolute atomic E-state index is 0.0510. The molecule has 7 nitrogen and oxygen atoms in total. The third kappa shape index (κ3) is 9.63. The smallest absolute Gasteiger partial charge is 0.309 e. The minimum atomic E-state index is -0.324. The molecular formula is C29H38N4O3S. The van der Waals surface area contributed by atoms with Crippen LogP contribution in [-0.4, -0.2) is 29.9 Å². The van der Waals surface area contributed by atoms with Crippen LogP contribution in [0.1, 0.15) is 61.8 Å². The first-order chi connectivity index (χ1) is 18.0. The van der Waals surface area contributed by atoms with Crippen LogP contribution in [0.4, 0.5) is 11.5 Å². The quantitative estimate of drug-likeness (QED) is 0.179. The number of thiazole rings is 1. The number of hydrogen-bond donors (Lipinski definition) is 3. The van der Waals surface area contributed by atoms with Gasteiger partial charge in [-0.2, -0.15) is 0 Å². The standard InChI is InChI=1S/C29H38N4O3S/c1-3-5-9-22(4-2)29(35)36-25(23-10-7-6-8-11-23)19-31-17-16-21-12-14-24(15-13-21)32-27(34)18-28-33-26(30)20-37-28/h6-8,10-15,20,22,25,31H,3-5,9,16-19,30H2,1-2H3,(H,32,34). The lowest BCUT2D eigenvalue weighted by molar-refractivity contribution is -0.154. The molecule has 0 aliphatic carbocycles. The van der Waals surface area contributed by atoms with Crippen LogP contribution >= 0.6 is 11.3 Å². The van der Waals surface area contributed by atoms with E-state index in [1.165, 1.54) is 11.3 Å². The van der Waals surface area contributed by atoms with E-state index >= 15 is 0 Å². The number of nitrogens with zero attached hydrogens (tertiary/aromatic N) is 1. The molecule has 0 spiro atoms. The number of anilines is 2. The van der Waals surface area contributed by atoms with Gasteiger partial charge in [0.1, 0.15) is 16.9 Å². The summed E-state index contributed by atoms with van der Waals surface area (Å²) in [6, 6.07) is 17.7. The molecule has 0 saturated heterocycles. The molecule has 2 aromatic carbocycles. The number of esters is 1. The number of ether oxygens (including phenoxy) is 1. The molecule has 1 heterocycles. The molecule has 0 fully saturated rings. The van der Waals surface area contributed by atoms with Gasteiger partial charge in [0.15, 0.2) is 0 Å². The number of rotatable bonds is 15. The molecule has 8 heteroatoms. The van der Waals surface area contributed by atoms with Crippen molar-refractivity contribution >= 4 is 34.7 Å². The molecule has 2 unspecified atom stereocenters. The summed E-state index contributed by atoms with van der Waals surface area (Å²) < 4.78 is 5.98. The Morgan fingerprint density at radius 3 is 2.49 bits per heavy atom. The second-order valence-corrected chi connectivity index (χ2v) is 10.1. The van der Waals surface area contributed by atoms with E-state index in [9.17, 15) is 9.59 Å². The number of nitrogens with one attached hydrogen (secondary N) is 2. The summed E-state index contributed by atoms with van der Waals surface area (Å²) in [5, 5.41) is 8.77. The number of hydrogen-bond acceptors (Lipinski definition) is 7. The summed E-state index contributed by atoms with van der Waals surface area (Å²) in [6.07, 6.45) is 4.47. The number of nitrogen functional groups attached to an aromatic ring is 1. The lowest BCUT2D eigenvalue weighted by atomic mass is 9.99. The third-order valence-electron chi connectivity index (χ3n) is 6.20. The molecule has 0 aliphatic rings. The minimum Gasteiger partial charge on any atom is -0.456 e. The Morgan fingerprint density at radius 2 is 1.84 bits per heavy atom. The second kappa shape index (κ2) is 15.1. The van der Waals surface area contributed by atoms with Gasteiger partial charge in [-0.15, -0.1) is 11.3 Å². The first-order valence-corrected chi connectivity index (χ1v) is 13.9. The number of carbonyl (C=O) groups excluding carboxylic acids is 2. The van der Waals surface area contributed by atoms with Crippen molar-refractivity contribution in [2.24, 2.45) is 5.92 Å².